The van der Waals surface area contributed by atoms with Crippen molar-refractivity contribution in [3.63, 3.8) is 0 Å². The number of carbonyl (C=O) groups excluding carboxylic acids is 1. The fourth-order valence-corrected chi connectivity index (χ4v) is 3.12. The molecule has 0 radical (unpaired) electrons. The molecule has 1 fully saturated rings. The van der Waals surface area contributed by atoms with Gasteiger partial charge in [-0.3, -0.25) is 9.78 Å². The summed E-state index contributed by atoms with van der Waals surface area (Å²) in [5.74, 6) is -0.145. The number of carbonyl (C=O) groups is 1. The fourth-order valence-electron chi connectivity index (χ4n) is 3.12. The molecular formula is C16H20F3NO2. The Kier molecular flexibility index (Phi) is 5.42. The minimum atomic E-state index is -4.35. The largest absolute Gasteiger partial charge is 0.466 e. The number of hydrogen-bond acceptors (Lipinski definition) is 3. The maximum atomic E-state index is 13.0. The highest BCUT2D eigenvalue weighted by Gasteiger charge is 2.36. The van der Waals surface area contributed by atoms with Crippen LogP contribution in [0.25, 0.3) is 0 Å². The molecule has 122 valence electrons. The number of alkyl halides is 3. The Labute approximate surface area is 127 Å². The summed E-state index contributed by atoms with van der Waals surface area (Å²) in [5.41, 5.74) is -0.305. The number of nitrogens with zero attached hydrogens (tertiary/aromatic N) is 1. The van der Waals surface area contributed by atoms with Crippen molar-refractivity contribution in [1.82, 2.24) is 4.98 Å². The molecule has 1 saturated carbocycles. The molecule has 0 amide bonds. The van der Waals surface area contributed by atoms with Gasteiger partial charge in [-0.1, -0.05) is 0 Å². The van der Waals surface area contributed by atoms with Crippen molar-refractivity contribution < 1.29 is 22.7 Å². The van der Waals surface area contributed by atoms with E-state index >= 15 is 0 Å². The van der Waals surface area contributed by atoms with Gasteiger partial charge in [0.2, 0.25) is 0 Å². The minimum Gasteiger partial charge on any atom is -0.466 e. The Morgan fingerprint density at radius 3 is 2.59 bits per heavy atom. The van der Waals surface area contributed by atoms with Crippen LogP contribution in [0.15, 0.2) is 18.5 Å². The summed E-state index contributed by atoms with van der Waals surface area (Å²) < 4.78 is 44.1. The van der Waals surface area contributed by atoms with Crippen molar-refractivity contribution in [2.24, 2.45) is 5.92 Å². The van der Waals surface area contributed by atoms with Crippen molar-refractivity contribution in [3.05, 3.63) is 29.6 Å². The van der Waals surface area contributed by atoms with E-state index in [2.05, 4.69) is 4.98 Å². The van der Waals surface area contributed by atoms with E-state index in [1.807, 2.05) is 0 Å². The van der Waals surface area contributed by atoms with Gasteiger partial charge in [-0.2, -0.15) is 13.2 Å². The van der Waals surface area contributed by atoms with Crippen LogP contribution in [0.5, 0.6) is 0 Å². The van der Waals surface area contributed by atoms with E-state index in [1.54, 1.807) is 6.92 Å². The standard InChI is InChI=1S/C16H20F3NO2/c1-2-22-15(21)9-11-3-5-12(6-4-11)13-10-20-8-7-14(13)16(17,18)19/h7-8,10-12H,2-6,9H2,1H3. The summed E-state index contributed by atoms with van der Waals surface area (Å²) in [6, 6.07) is 1.04. The van der Waals surface area contributed by atoms with Crippen molar-refractivity contribution >= 4 is 5.97 Å². The number of ether oxygens (including phenoxy) is 1. The Bertz CT molecular complexity index is 508. The molecule has 6 heteroatoms. The van der Waals surface area contributed by atoms with E-state index in [9.17, 15) is 18.0 Å². The molecule has 0 spiro atoms. The van der Waals surface area contributed by atoms with Crippen LogP contribution in [0.3, 0.4) is 0 Å². The van der Waals surface area contributed by atoms with Crippen LogP contribution in [0.4, 0.5) is 13.2 Å². The molecule has 1 aromatic heterocycles. The highest BCUT2D eigenvalue weighted by Crippen LogP contribution is 2.42. The van der Waals surface area contributed by atoms with Gasteiger partial charge in [-0.25, -0.2) is 0 Å². The summed E-state index contributed by atoms with van der Waals surface area (Å²) in [4.78, 5) is 15.3. The van der Waals surface area contributed by atoms with Crippen LogP contribution in [-0.4, -0.2) is 17.6 Å². The number of esters is 1. The van der Waals surface area contributed by atoms with Crippen molar-refractivity contribution in [2.75, 3.05) is 6.61 Å². The molecule has 0 N–H and O–H groups in total. The lowest BCUT2D eigenvalue weighted by Crippen LogP contribution is -2.20. The molecule has 0 aliphatic heterocycles. The van der Waals surface area contributed by atoms with Gasteiger partial charge in [0.25, 0.3) is 0 Å². The molecule has 0 saturated heterocycles. The summed E-state index contributed by atoms with van der Waals surface area (Å²) >= 11 is 0. The molecule has 0 bridgehead atoms. The van der Waals surface area contributed by atoms with Gasteiger partial charge in [0, 0.05) is 18.8 Å². The number of aromatic nitrogens is 1. The predicted octanol–water partition coefficient (Wildman–Crippen LogP) is 4.33. The Morgan fingerprint density at radius 1 is 1.32 bits per heavy atom. The van der Waals surface area contributed by atoms with Gasteiger partial charge in [-0.15, -0.1) is 0 Å². The number of rotatable bonds is 4. The third-order valence-electron chi connectivity index (χ3n) is 4.20. The zero-order valence-corrected chi connectivity index (χ0v) is 12.5. The summed E-state index contributed by atoms with van der Waals surface area (Å²) in [6.45, 7) is 2.12. The molecule has 1 aromatic rings. The van der Waals surface area contributed by atoms with Gasteiger partial charge in [0.1, 0.15) is 0 Å². The zero-order chi connectivity index (χ0) is 16.2. The Hall–Kier alpha value is -1.59. The average Bonchev–Trinajstić information content (AvgIpc) is 2.47. The number of hydrogen-bond donors (Lipinski definition) is 0. The topological polar surface area (TPSA) is 39.2 Å². The summed E-state index contributed by atoms with van der Waals surface area (Å²) in [7, 11) is 0. The van der Waals surface area contributed by atoms with E-state index in [-0.39, 0.29) is 23.4 Å². The molecule has 0 atom stereocenters. The molecule has 22 heavy (non-hydrogen) atoms. The maximum Gasteiger partial charge on any atom is 0.416 e. The number of halogens is 3. The first kappa shape index (κ1) is 16.8. The molecule has 1 aliphatic rings. The SMILES string of the molecule is CCOC(=O)CC1CCC(c2cnccc2C(F)(F)F)CC1. The average molecular weight is 315 g/mol. The lowest BCUT2D eigenvalue weighted by Gasteiger charge is -2.29. The Morgan fingerprint density at radius 2 is 2.00 bits per heavy atom. The second-order valence-electron chi connectivity index (χ2n) is 5.69. The van der Waals surface area contributed by atoms with Crippen LogP contribution >= 0.6 is 0 Å². The highest BCUT2D eigenvalue weighted by atomic mass is 19.4. The van der Waals surface area contributed by atoms with Gasteiger partial charge < -0.3 is 4.74 Å². The first-order valence-corrected chi connectivity index (χ1v) is 7.58. The zero-order valence-electron chi connectivity index (χ0n) is 12.5. The lowest BCUT2D eigenvalue weighted by molar-refractivity contribution is -0.144. The lowest BCUT2D eigenvalue weighted by atomic mass is 9.77. The monoisotopic (exact) mass is 315 g/mol. The normalized spacial score (nSPS) is 22.4. The van der Waals surface area contributed by atoms with E-state index in [0.29, 0.717) is 25.9 Å². The van der Waals surface area contributed by atoms with E-state index < -0.39 is 11.7 Å². The molecule has 2 rings (SSSR count). The first-order chi connectivity index (χ1) is 10.4. The van der Waals surface area contributed by atoms with Gasteiger partial charge in [0.15, 0.2) is 0 Å². The molecule has 0 unspecified atom stereocenters. The quantitative estimate of drug-likeness (QED) is 0.776. The van der Waals surface area contributed by atoms with E-state index in [4.69, 9.17) is 4.74 Å². The van der Waals surface area contributed by atoms with E-state index in [0.717, 1.165) is 18.9 Å². The first-order valence-electron chi connectivity index (χ1n) is 7.58. The van der Waals surface area contributed by atoms with Crippen LogP contribution in [-0.2, 0) is 15.7 Å². The predicted molar refractivity (Wildman–Crippen MR) is 75.2 cm³/mol. The van der Waals surface area contributed by atoms with Gasteiger partial charge >= 0.3 is 12.1 Å². The third kappa shape index (κ3) is 4.21. The van der Waals surface area contributed by atoms with Crippen molar-refractivity contribution in [1.29, 1.82) is 0 Å². The molecule has 1 aliphatic carbocycles. The van der Waals surface area contributed by atoms with Crippen molar-refractivity contribution in [2.45, 2.75) is 51.1 Å². The second-order valence-corrected chi connectivity index (χ2v) is 5.69. The Balaban J connectivity index is 1.99. The van der Waals surface area contributed by atoms with Crippen molar-refractivity contribution in [3.8, 4) is 0 Å². The molecule has 0 aromatic carbocycles. The number of pyridine rings is 1. The maximum absolute atomic E-state index is 13.0. The molecular weight excluding hydrogens is 295 g/mol. The van der Waals surface area contributed by atoms with Crippen LogP contribution in [0.2, 0.25) is 0 Å². The smallest absolute Gasteiger partial charge is 0.416 e. The highest BCUT2D eigenvalue weighted by molar-refractivity contribution is 5.69. The molecule has 3 nitrogen and oxygen atoms in total. The van der Waals surface area contributed by atoms with Crippen LogP contribution in [0.1, 0.15) is 56.1 Å². The van der Waals surface area contributed by atoms with Gasteiger partial charge in [-0.05, 0) is 56.1 Å². The second kappa shape index (κ2) is 7.11. The van der Waals surface area contributed by atoms with Gasteiger partial charge in [0.05, 0.1) is 12.2 Å². The molecule has 1 heterocycles. The fraction of sp³-hybridized carbons (Fsp3) is 0.625. The van der Waals surface area contributed by atoms with Crippen LogP contribution < -0.4 is 0 Å². The summed E-state index contributed by atoms with van der Waals surface area (Å²) in [5, 5.41) is 0. The summed E-state index contributed by atoms with van der Waals surface area (Å²) in [6.07, 6.45) is 1.32. The van der Waals surface area contributed by atoms with E-state index in [1.165, 1.54) is 12.4 Å². The third-order valence-corrected chi connectivity index (χ3v) is 4.20. The van der Waals surface area contributed by atoms with Crippen LogP contribution in [0, 0.1) is 5.92 Å². The minimum absolute atomic E-state index is 0.135.